The van der Waals surface area contributed by atoms with Gasteiger partial charge in [-0.3, -0.25) is 4.79 Å². The standard InChI is InChI=1S/C12H14BrFN2O/c1-16(9-4-5-15-7-9)12(17)10-3-2-8(13)6-11(10)14/h2-3,6,9,15H,4-5,7H2,1H3/t9-/m0/s1. The maximum Gasteiger partial charge on any atom is 0.256 e. The van der Waals surface area contributed by atoms with Crippen molar-refractivity contribution in [1.82, 2.24) is 10.2 Å². The molecule has 0 spiro atoms. The largest absolute Gasteiger partial charge is 0.337 e. The molecule has 1 aliphatic rings. The van der Waals surface area contributed by atoms with Crippen LogP contribution in [0.2, 0.25) is 0 Å². The lowest BCUT2D eigenvalue weighted by Crippen LogP contribution is -2.38. The molecule has 1 atom stereocenters. The Morgan fingerprint density at radius 1 is 1.59 bits per heavy atom. The number of rotatable bonds is 2. The number of carbonyl (C=O) groups is 1. The van der Waals surface area contributed by atoms with Gasteiger partial charge in [0.25, 0.3) is 5.91 Å². The average Bonchev–Trinajstić information content (AvgIpc) is 2.80. The molecule has 1 aromatic rings. The molecule has 1 heterocycles. The van der Waals surface area contributed by atoms with Crippen LogP contribution in [0.15, 0.2) is 22.7 Å². The number of amides is 1. The summed E-state index contributed by atoms with van der Waals surface area (Å²) >= 11 is 3.17. The number of hydrogen-bond acceptors (Lipinski definition) is 2. The minimum Gasteiger partial charge on any atom is -0.337 e. The highest BCUT2D eigenvalue weighted by Gasteiger charge is 2.25. The quantitative estimate of drug-likeness (QED) is 0.906. The normalized spacial score (nSPS) is 19.4. The number of likely N-dealkylation sites (N-methyl/N-ethyl adjacent to an activating group) is 1. The Balaban J connectivity index is 2.18. The molecule has 0 bridgehead atoms. The van der Waals surface area contributed by atoms with Crippen molar-refractivity contribution in [3.8, 4) is 0 Å². The van der Waals surface area contributed by atoms with Crippen LogP contribution in [-0.4, -0.2) is 37.0 Å². The van der Waals surface area contributed by atoms with E-state index in [1.54, 1.807) is 18.0 Å². The molecule has 92 valence electrons. The number of nitrogens with zero attached hydrogens (tertiary/aromatic N) is 1. The van der Waals surface area contributed by atoms with E-state index in [1.807, 2.05) is 0 Å². The maximum absolute atomic E-state index is 13.7. The van der Waals surface area contributed by atoms with Crippen molar-refractivity contribution in [2.75, 3.05) is 20.1 Å². The van der Waals surface area contributed by atoms with Crippen LogP contribution in [0.1, 0.15) is 16.8 Å². The molecule has 2 rings (SSSR count). The van der Waals surface area contributed by atoms with Crippen LogP contribution in [0, 0.1) is 5.82 Å². The van der Waals surface area contributed by atoms with Crippen LogP contribution in [0.25, 0.3) is 0 Å². The van der Waals surface area contributed by atoms with Crippen LogP contribution >= 0.6 is 15.9 Å². The van der Waals surface area contributed by atoms with Gasteiger partial charge in [0, 0.05) is 24.1 Å². The first-order valence-electron chi connectivity index (χ1n) is 5.52. The summed E-state index contributed by atoms with van der Waals surface area (Å²) in [5, 5.41) is 3.19. The van der Waals surface area contributed by atoms with Crippen LogP contribution in [0.3, 0.4) is 0 Å². The highest BCUT2D eigenvalue weighted by molar-refractivity contribution is 9.10. The van der Waals surface area contributed by atoms with Gasteiger partial charge in [-0.15, -0.1) is 0 Å². The summed E-state index contributed by atoms with van der Waals surface area (Å²) in [5.74, 6) is -0.745. The average molecular weight is 301 g/mol. The van der Waals surface area contributed by atoms with Crippen LogP contribution in [0.4, 0.5) is 4.39 Å². The van der Waals surface area contributed by atoms with Crippen LogP contribution in [-0.2, 0) is 0 Å². The Kier molecular flexibility index (Phi) is 3.79. The first-order chi connectivity index (χ1) is 8.09. The van der Waals surface area contributed by atoms with E-state index < -0.39 is 5.82 Å². The first kappa shape index (κ1) is 12.5. The Morgan fingerprint density at radius 2 is 2.35 bits per heavy atom. The van der Waals surface area contributed by atoms with E-state index in [-0.39, 0.29) is 17.5 Å². The molecule has 0 aliphatic carbocycles. The highest BCUT2D eigenvalue weighted by Crippen LogP contribution is 2.18. The SMILES string of the molecule is CN(C(=O)c1ccc(Br)cc1F)[C@H]1CCNC1. The van der Waals surface area contributed by atoms with Gasteiger partial charge in [-0.1, -0.05) is 15.9 Å². The third kappa shape index (κ3) is 2.66. The zero-order valence-electron chi connectivity index (χ0n) is 9.54. The number of carbonyl (C=O) groups excluding carboxylic acids is 1. The van der Waals surface area contributed by atoms with Gasteiger partial charge in [-0.05, 0) is 31.2 Å². The van der Waals surface area contributed by atoms with E-state index in [0.717, 1.165) is 19.5 Å². The molecule has 5 heteroatoms. The van der Waals surface area contributed by atoms with Gasteiger partial charge >= 0.3 is 0 Å². The fraction of sp³-hybridized carbons (Fsp3) is 0.417. The summed E-state index contributed by atoms with van der Waals surface area (Å²) in [6, 6.07) is 4.66. The van der Waals surface area contributed by atoms with Crippen molar-refractivity contribution in [2.45, 2.75) is 12.5 Å². The van der Waals surface area contributed by atoms with E-state index >= 15 is 0 Å². The second-order valence-corrected chi connectivity index (χ2v) is 5.10. The predicted molar refractivity (Wildman–Crippen MR) is 67.5 cm³/mol. The lowest BCUT2D eigenvalue weighted by molar-refractivity contribution is 0.0739. The molecule has 0 saturated carbocycles. The number of benzene rings is 1. The summed E-state index contributed by atoms with van der Waals surface area (Å²) in [7, 11) is 1.72. The molecule has 1 aromatic carbocycles. The van der Waals surface area contributed by atoms with Crippen molar-refractivity contribution < 1.29 is 9.18 Å². The van der Waals surface area contributed by atoms with E-state index in [0.29, 0.717) is 4.47 Å². The van der Waals surface area contributed by atoms with Gasteiger partial charge in [-0.2, -0.15) is 0 Å². The fourth-order valence-corrected chi connectivity index (χ4v) is 2.32. The van der Waals surface area contributed by atoms with Gasteiger partial charge in [0.15, 0.2) is 0 Å². The number of hydrogen-bond donors (Lipinski definition) is 1. The Morgan fingerprint density at radius 3 is 2.94 bits per heavy atom. The third-order valence-electron chi connectivity index (χ3n) is 3.06. The molecule has 1 N–H and O–H groups in total. The van der Waals surface area contributed by atoms with Gasteiger partial charge < -0.3 is 10.2 Å². The van der Waals surface area contributed by atoms with Crippen molar-refractivity contribution >= 4 is 21.8 Å². The summed E-state index contributed by atoms with van der Waals surface area (Å²) in [6.45, 7) is 1.69. The van der Waals surface area contributed by atoms with Gasteiger partial charge in [-0.25, -0.2) is 4.39 Å². The lowest BCUT2D eigenvalue weighted by Gasteiger charge is -2.24. The highest BCUT2D eigenvalue weighted by atomic mass is 79.9. The third-order valence-corrected chi connectivity index (χ3v) is 3.56. The van der Waals surface area contributed by atoms with Crippen LogP contribution in [0.5, 0.6) is 0 Å². The maximum atomic E-state index is 13.7. The van der Waals surface area contributed by atoms with E-state index in [1.165, 1.54) is 12.1 Å². The first-order valence-corrected chi connectivity index (χ1v) is 6.32. The molecule has 17 heavy (non-hydrogen) atoms. The molecule has 3 nitrogen and oxygen atoms in total. The zero-order chi connectivity index (χ0) is 12.4. The van der Waals surface area contributed by atoms with Gasteiger partial charge in [0.2, 0.25) is 0 Å². The van der Waals surface area contributed by atoms with E-state index in [2.05, 4.69) is 21.2 Å². The molecule has 1 fully saturated rings. The van der Waals surface area contributed by atoms with E-state index in [9.17, 15) is 9.18 Å². The second kappa shape index (κ2) is 5.14. The van der Waals surface area contributed by atoms with Gasteiger partial charge in [0.05, 0.1) is 5.56 Å². The summed E-state index contributed by atoms with van der Waals surface area (Å²) in [6.07, 6.45) is 0.917. The minimum atomic E-state index is -0.484. The second-order valence-electron chi connectivity index (χ2n) is 4.19. The molecular weight excluding hydrogens is 287 g/mol. The van der Waals surface area contributed by atoms with Gasteiger partial charge in [0.1, 0.15) is 5.82 Å². The molecular formula is C12H14BrFN2O. The molecule has 1 aliphatic heterocycles. The molecule has 0 radical (unpaired) electrons. The summed E-state index contributed by atoms with van der Waals surface area (Å²) < 4.78 is 14.3. The number of nitrogens with one attached hydrogen (secondary N) is 1. The molecule has 0 aromatic heterocycles. The van der Waals surface area contributed by atoms with Crippen molar-refractivity contribution in [2.24, 2.45) is 0 Å². The summed E-state index contributed by atoms with van der Waals surface area (Å²) in [5.41, 5.74) is 0.127. The van der Waals surface area contributed by atoms with Crippen molar-refractivity contribution in [3.05, 3.63) is 34.1 Å². The molecule has 1 saturated heterocycles. The fourth-order valence-electron chi connectivity index (χ4n) is 1.99. The zero-order valence-corrected chi connectivity index (χ0v) is 11.1. The molecule has 0 unspecified atom stereocenters. The topological polar surface area (TPSA) is 32.3 Å². The minimum absolute atomic E-state index is 0.127. The Labute approximate surface area is 108 Å². The lowest BCUT2D eigenvalue weighted by atomic mass is 10.1. The smallest absolute Gasteiger partial charge is 0.256 e. The Hall–Kier alpha value is -0.940. The van der Waals surface area contributed by atoms with E-state index in [4.69, 9.17) is 0 Å². The number of halogens is 2. The molecule has 1 amide bonds. The summed E-state index contributed by atoms with van der Waals surface area (Å²) in [4.78, 5) is 13.7. The van der Waals surface area contributed by atoms with Crippen molar-refractivity contribution in [1.29, 1.82) is 0 Å². The predicted octanol–water partition coefficient (Wildman–Crippen LogP) is 2.02. The monoisotopic (exact) mass is 300 g/mol. The Bertz CT molecular complexity index is 433. The van der Waals surface area contributed by atoms with Crippen molar-refractivity contribution in [3.63, 3.8) is 0 Å². The van der Waals surface area contributed by atoms with Crippen LogP contribution < -0.4 is 5.32 Å².